The van der Waals surface area contributed by atoms with E-state index >= 15 is 0 Å². The molecule has 0 bridgehead atoms. The summed E-state index contributed by atoms with van der Waals surface area (Å²) in [4.78, 5) is 11.9. The predicted molar refractivity (Wildman–Crippen MR) is 96.7 cm³/mol. The van der Waals surface area contributed by atoms with Crippen LogP contribution in [0.4, 0.5) is 0 Å². The minimum Gasteiger partial charge on any atom is -0.490 e. The molecule has 5 heteroatoms. The highest BCUT2D eigenvalue weighted by molar-refractivity contribution is 9.10. The standard InChI is InChI=1S/C19H21BrO4/c1-14(2)13-24-19(21)15-8-9-18(17(20)12-15)23-11-10-22-16-6-4-3-5-7-16/h3-9,12,14H,10-11,13H2,1-2H3. The Balaban J connectivity index is 1.82. The molecule has 0 aliphatic carbocycles. The monoisotopic (exact) mass is 392 g/mol. The van der Waals surface area contributed by atoms with E-state index in [0.29, 0.717) is 41.5 Å². The highest BCUT2D eigenvalue weighted by Gasteiger charge is 2.11. The number of para-hydroxylation sites is 1. The molecule has 2 rings (SSSR count). The van der Waals surface area contributed by atoms with Crippen molar-refractivity contribution in [2.24, 2.45) is 5.92 Å². The SMILES string of the molecule is CC(C)COC(=O)c1ccc(OCCOc2ccccc2)c(Br)c1. The molecule has 4 nitrogen and oxygen atoms in total. The minimum absolute atomic E-state index is 0.310. The second-order valence-electron chi connectivity index (χ2n) is 5.65. The van der Waals surface area contributed by atoms with Crippen molar-refractivity contribution >= 4 is 21.9 Å². The van der Waals surface area contributed by atoms with Crippen LogP contribution in [0.5, 0.6) is 11.5 Å². The third-order valence-electron chi connectivity index (χ3n) is 3.07. The summed E-state index contributed by atoms with van der Waals surface area (Å²) >= 11 is 3.42. The van der Waals surface area contributed by atoms with Crippen molar-refractivity contribution in [3.63, 3.8) is 0 Å². The molecule has 0 saturated heterocycles. The first-order valence-electron chi connectivity index (χ1n) is 7.83. The highest BCUT2D eigenvalue weighted by atomic mass is 79.9. The molecule has 128 valence electrons. The average Bonchev–Trinajstić information content (AvgIpc) is 2.58. The van der Waals surface area contributed by atoms with Gasteiger partial charge in [-0.25, -0.2) is 4.79 Å². The molecule has 0 radical (unpaired) electrons. The molecular formula is C19H21BrO4. The van der Waals surface area contributed by atoms with Gasteiger partial charge in [0.2, 0.25) is 0 Å². The van der Waals surface area contributed by atoms with Crippen LogP contribution < -0.4 is 9.47 Å². The van der Waals surface area contributed by atoms with E-state index in [1.54, 1.807) is 18.2 Å². The molecule has 0 heterocycles. The van der Waals surface area contributed by atoms with Crippen LogP contribution in [0, 0.1) is 5.92 Å². The lowest BCUT2D eigenvalue weighted by Crippen LogP contribution is -2.11. The lowest BCUT2D eigenvalue weighted by atomic mass is 10.2. The first-order valence-corrected chi connectivity index (χ1v) is 8.63. The summed E-state index contributed by atoms with van der Waals surface area (Å²) in [6.45, 7) is 5.25. The van der Waals surface area contributed by atoms with E-state index in [2.05, 4.69) is 15.9 Å². The van der Waals surface area contributed by atoms with E-state index in [0.717, 1.165) is 5.75 Å². The quantitative estimate of drug-likeness (QED) is 0.481. The zero-order valence-corrected chi connectivity index (χ0v) is 15.4. The zero-order chi connectivity index (χ0) is 17.4. The molecular weight excluding hydrogens is 372 g/mol. The molecule has 0 N–H and O–H groups in total. The topological polar surface area (TPSA) is 44.8 Å². The van der Waals surface area contributed by atoms with Crippen LogP contribution in [-0.2, 0) is 4.74 Å². The molecule has 0 saturated carbocycles. The molecule has 0 aromatic heterocycles. The van der Waals surface area contributed by atoms with Gasteiger partial charge in [0, 0.05) is 0 Å². The molecule has 2 aromatic carbocycles. The van der Waals surface area contributed by atoms with Gasteiger partial charge in [-0.15, -0.1) is 0 Å². The molecule has 0 aliphatic heterocycles. The number of hydrogen-bond donors (Lipinski definition) is 0. The van der Waals surface area contributed by atoms with Crippen LogP contribution in [0.15, 0.2) is 53.0 Å². The van der Waals surface area contributed by atoms with Gasteiger partial charge in [-0.1, -0.05) is 32.0 Å². The van der Waals surface area contributed by atoms with E-state index in [4.69, 9.17) is 14.2 Å². The second-order valence-corrected chi connectivity index (χ2v) is 6.50. The Morgan fingerprint density at radius 2 is 1.75 bits per heavy atom. The van der Waals surface area contributed by atoms with Crippen LogP contribution in [0.25, 0.3) is 0 Å². The van der Waals surface area contributed by atoms with Crippen molar-refractivity contribution in [3.05, 3.63) is 58.6 Å². The Morgan fingerprint density at radius 1 is 1.04 bits per heavy atom. The fraction of sp³-hybridized carbons (Fsp3) is 0.316. The number of rotatable bonds is 8. The lowest BCUT2D eigenvalue weighted by Gasteiger charge is -2.11. The summed E-state index contributed by atoms with van der Waals surface area (Å²) in [5.74, 6) is 1.45. The van der Waals surface area contributed by atoms with Crippen molar-refractivity contribution in [1.82, 2.24) is 0 Å². The Labute approximate surface area is 150 Å². The third kappa shape index (κ3) is 5.89. The summed E-state index contributed by atoms with van der Waals surface area (Å²) in [5.41, 5.74) is 0.496. The van der Waals surface area contributed by atoms with Gasteiger partial charge in [0.15, 0.2) is 0 Å². The summed E-state index contributed by atoms with van der Waals surface area (Å²) in [7, 11) is 0. The Bertz CT molecular complexity index is 656. The Hall–Kier alpha value is -2.01. The Morgan fingerprint density at radius 3 is 2.42 bits per heavy atom. The second kappa shape index (κ2) is 9.33. The predicted octanol–water partition coefficient (Wildman–Crippen LogP) is 4.72. The molecule has 0 unspecified atom stereocenters. The maximum absolute atomic E-state index is 11.9. The molecule has 0 fully saturated rings. The molecule has 2 aromatic rings. The number of benzene rings is 2. The van der Waals surface area contributed by atoms with E-state index in [9.17, 15) is 4.79 Å². The number of carbonyl (C=O) groups is 1. The third-order valence-corrected chi connectivity index (χ3v) is 3.69. The number of hydrogen-bond acceptors (Lipinski definition) is 4. The van der Waals surface area contributed by atoms with Gasteiger partial charge in [0.05, 0.1) is 16.6 Å². The molecule has 24 heavy (non-hydrogen) atoms. The van der Waals surface area contributed by atoms with Crippen molar-refractivity contribution < 1.29 is 19.0 Å². The fourth-order valence-electron chi connectivity index (χ4n) is 1.90. The summed E-state index contributed by atoms with van der Waals surface area (Å²) < 4.78 is 17.2. The normalized spacial score (nSPS) is 10.5. The summed E-state index contributed by atoms with van der Waals surface area (Å²) in [5, 5.41) is 0. The maximum atomic E-state index is 11.9. The van der Waals surface area contributed by atoms with Crippen molar-refractivity contribution in [2.45, 2.75) is 13.8 Å². The van der Waals surface area contributed by atoms with Gasteiger partial charge >= 0.3 is 5.97 Å². The summed E-state index contributed by atoms with van der Waals surface area (Å²) in [6.07, 6.45) is 0. The average molecular weight is 393 g/mol. The molecule has 0 amide bonds. The van der Waals surface area contributed by atoms with Crippen molar-refractivity contribution in [3.8, 4) is 11.5 Å². The maximum Gasteiger partial charge on any atom is 0.338 e. The summed E-state index contributed by atoms with van der Waals surface area (Å²) in [6, 6.07) is 14.7. The van der Waals surface area contributed by atoms with Crippen LogP contribution in [0.1, 0.15) is 24.2 Å². The van der Waals surface area contributed by atoms with E-state index < -0.39 is 0 Å². The highest BCUT2D eigenvalue weighted by Crippen LogP contribution is 2.26. The van der Waals surface area contributed by atoms with E-state index in [1.807, 2.05) is 44.2 Å². The van der Waals surface area contributed by atoms with Crippen molar-refractivity contribution in [2.75, 3.05) is 19.8 Å². The largest absolute Gasteiger partial charge is 0.490 e. The number of ether oxygens (including phenoxy) is 3. The van der Waals surface area contributed by atoms with Gasteiger partial charge in [-0.2, -0.15) is 0 Å². The van der Waals surface area contributed by atoms with Gasteiger partial charge in [0.1, 0.15) is 24.7 Å². The number of halogens is 1. The van der Waals surface area contributed by atoms with Crippen LogP contribution in [-0.4, -0.2) is 25.8 Å². The lowest BCUT2D eigenvalue weighted by molar-refractivity contribution is 0.0459. The van der Waals surface area contributed by atoms with Crippen LogP contribution in [0.3, 0.4) is 0 Å². The van der Waals surface area contributed by atoms with Crippen molar-refractivity contribution in [1.29, 1.82) is 0 Å². The Kier molecular flexibility index (Phi) is 7.12. The van der Waals surface area contributed by atoms with Gasteiger partial charge < -0.3 is 14.2 Å². The number of carbonyl (C=O) groups excluding carboxylic acids is 1. The number of esters is 1. The van der Waals surface area contributed by atoms with Crippen LogP contribution >= 0.6 is 15.9 Å². The minimum atomic E-state index is -0.330. The van der Waals surface area contributed by atoms with E-state index in [1.165, 1.54) is 0 Å². The zero-order valence-electron chi connectivity index (χ0n) is 13.8. The molecule has 0 spiro atoms. The van der Waals surface area contributed by atoms with Crippen LogP contribution in [0.2, 0.25) is 0 Å². The molecule has 0 atom stereocenters. The first kappa shape index (κ1) is 18.3. The fourth-order valence-corrected chi connectivity index (χ4v) is 2.39. The first-order chi connectivity index (χ1) is 11.6. The molecule has 0 aliphatic rings. The van der Waals surface area contributed by atoms with Gasteiger partial charge in [-0.3, -0.25) is 0 Å². The smallest absolute Gasteiger partial charge is 0.338 e. The van der Waals surface area contributed by atoms with E-state index in [-0.39, 0.29) is 5.97 Å². The van der Waals surface area contributed by atoms with Gasteiger partial charge in [0.25, 0.3) is 0 Å². The van der Waals surface area contributed by atoms with Gasteiger partial charge in [-0.05, 0) is 52.2 Å².